The average Bonchev–Trinajstić information content (AvgIpc) is 2.83. The summed E-state index contributed by atoms with van der Waals surface area (Å²) in [4.78, 5) is 1.26. The van der Waals surface area contributed by atoms with Crippen LogP contribution in [0, 0.1) is 5.92 Å². The van der Waals surface area contributed by atoms with E-state index >= 15 is 0 Å². The lowest BCUT2D eigenvalue weighted by Gasteiger charge is -2.28. The minimum Gasteiger partial charge on any atom is -0.392 e. The molecule has 3 rings (SSSR count). The summed E-state index contributed by atoms with van der Waals surface area (Å²) in [5, 5.41) is 10.5. The molecule has 0 saturated heterocycles. The molecule has 1 N–H and O–H groups in total. The topological polar surface area (TPSA) is 20.2 Å². The summed E-state index contributed by atoms with van der Waals surface area (Å²) in [5.74, 6) is 0.399. The van der Waals surface area contributed by atoms with Crippen molar-refractivity contribution in [2.24, 2.45) is 5.92 Å². The van der Waals surface area contributed by atoms with E-state index < -0.39 is 0 Å². The molecular formula is C16H17BrOS. The highest BCUT2D eigenvalue weighted by Gasteiger charge is 2.25. The first-order chi connectivity index (χ1) is 9.22. The van der Waals surface area contributed by atoms with Crippen molar-refractivity contribution in [1.82, 2.24) is 0 Å². The largest absolute Gasteiger partial charge is 0.392 e. The monoisotopic (exact) mass is 336 g/mol. The molecule has 1 aromatic carbocycles. The fourth-order valence-corrected chi connectivity index (χ4v) is 4.42. The van der Waals surface area contributed by atoms with Crippen molar-refractivity contribution in [2.45, 2.75) is 31.8 Å². The first-order valence-electron chi connectivity index (χ1n) is 6.71. The molecule has 2 unspecified atom stereocenters. The lowest BCUT2D eigenvalue weighted by atomic mass is 9.80. The number of aliphatic hydroxyl groups is 1. The Bertz CT molecular complexity index is 563. The number of aryl methyl sites for hydroxylation is 1. The number of rotatable bonds is 3. The van der Waals surface area contributed by atoms with Crippen LogP contribution in [-0.2, 0) is 19.3 Å². The zero-order valence-electron chi connectivity index (χ0n) is 10.7. The molecule has 0 radical (unpaired) electrons. The lowest BCUT2D eigenvalue weighted by molar-refractivity contribution is 0.100. The molecule has 1 heterocycles. The molecular weight excluding hydrogens is 320 g/mol. The van der Waals surface area contributed by atoms with Crippen LogP contribution in [0.2, 0.25) is 0 Å². The SMILES string of the molecule is OC(Cc1ccc(Br)s1)C1CCc2ccccc2C1. The predicted molar refractivity (Wildman–Crippen MR) is 83.7 cm³/mol. The van der Waals surface area contributed by atoms with E-state index in [4.69, 9.17) is 0 Å². The maximum absolute atomic E-state index is 10.5. The zero-order chi connectivity index (χ0) is 13.2. The van der Waals surface area contributed by atoms with Crippen molar-refractivity contribution >= 4 is 27.3 Å². The highest BCUT2D eigenvalue weighted by atomic mass is 79.9. The van der Waals surface area contributed by atoms with Crippen molar-refractivity contribution in [1.29, 1.82) is 0 Å². The molecule has 0 bridgehead atoms. The number of hydrogen-bond donors (Lipinski definition) is 1. The van der Waals surface area contributed by atoms with Gasteiger partial charge in [0.1, 0.15) is 0 Å². The summed E-state index contributed by atoms with van der Waals surface area (Å²) in [6.07, 6.45) is 3.78. The molecule has 1 aromatic heterocycles. The lowest BCUT2D eigenvalue weighted by Crippen LogP contribution is -2.28. The Balaban J connectivity index is 1.67. The maximum Gasteiger partial charge on any atom is 0.0701 e. The number of benzene rings is 1. The molecule has 0 aliphatic heterocycles. The van der Waals surface area contributed by atoms with Crippen molar-refractivity contribution in [3.05, 3.63) is 56.2 Å². The van der Waals surface area contributed by atoms with Crippen LogP contribution in [0.15, 0.2) is 40.2 Å². The van der Waals surface area contributed by atoms with Gasteiger partial charge in [-0.15, -0.1) is 11.3 Å². The fourth-order valence-electron chi connectivity index (χ4n) is 2.89. The van der Waals surface area contributed by atoms with Crippen LogP contribution >= 0.6 is 27.3 Å². The molecule has 0 spiro atoms. The van der Waals surface area contributed by atoms with E-state index in [1.807, 2.05) is 0 Å². The molecule has 19 heavy (non-hydrogen) atoms. The summed E-state index contributed by atoms with van der Waals surface area (Å²) >= 11 is 5.20. The van der Waals surface area contributed by atoms with E-state index in [0.29, 0.717) is 5.92 Å². The highest BCUT2D eigenvalue weighted by Crippen LogP contribution is 2.30. The second-order valence-electron chi connectivity index (χ2n) is 5.25. The Morgan fingerprint density at radius 3 is 2.74 bits per heavy atom. The average molecular weight is 337 g/mol. The third-order valence-corrected chi connectivity index (χ3v) is 5.61. The summed E-state index contributed by atoms with van der Waals surface area (Å²) in [6, 6.07) is 12.8. The van der Waals surface area contributed by atoms with Gasteiger partial charge in [-0.3, -0.25) is 0 Å². The van der Waals surface area contributed by atoms with Gasteiger partial charge in [-0.25, -0.2) is 0 Å². The Labute approximate surface area is 126 Å². The van der Waals surface area contributed by atoms with E-state index in [9.17, 15) is 5.11 Å². The molecule has 1 aliphatic rings. The van der Waals surface area contributed by atoms with Gasteiger partial charge in [0.15, 0.2) is 0 Å². The molecule has 0 amide bonds. The normalized spacial score (nSPS) is 20.0. The predicted octanol–water partition coefficient (Wildman–Crippen LogP) is 4.22. The number of halogens is 1. The summed E-state index contributed by atoms with van der Waals surface area (Å²) in [5.41, 5.74) is 2.88. The van der Waals surface area contributed by atoms with E-state index in [1.54, 1.807) is 11.3 Å². The molecule has 2 aromatic rings. The van der Waals surface area contributed by atoms with Gasteiger partial charge in [0.25, 0.3) is 0 Å². The van der Waals surface area contributed by atoms with Crippen molar-refractivity contribution < 1.29 is 5.11 Å². The summed E-state index contributed by atoms with van der Waals surface area (Å²) in [6.45, 7) is 0. The summed E-state index contributed by atoms with van der Waals surface area (Å²) < 4.78 is 1.14. The van der Waals surface area contributed by atoms with Gasteiger partial charge in [0.05, 0.1) is 9.89 Å². The van der Waals surface area contributed by atoms with Crippen LogP contribution in [0.25, 0.3) is 0 Å². The van der Waals surface area contributed by atoms with Gasteiger partial charge in [-0.2, -0.15) is 0 Å². The quantitative estimate of drug-likeness (QED) is 0.889. The number of aliphatic hydroxyl groups excluding tert-OH is 1. The minimum atomic E-state index is -0.223. The maximum atomic E-state index is 10.5. The van der Waals surface area contributed by atoms with E-state index in [0.717, 1.165) is 29.5 Å². The van der Waals surface area contributed by atoms with Crippen LogP contribution in [-0.4, -0.2) is 11.2 Å². The van der Waals surface area contributed by atoms with Gasteiger partial charge in [-0.1, -0.05) is 24.3 Å². The van der Waals surface area contributed by atoms with Crippen LogP contribution in [0.5, 0.6) is 0 Å². The van der Waals surface area contributed by atoms with Gasteiger partial charge in [0, 0.05) is 11.3 Å². The van der Waals surface area contributed by atoms with E-state index in [-0.39, 0.29) is 6.10 Å². The van der Waals surface area contributed by atoms with Gasteiger partial charge < -0.3 is 5.11 Å². The van der Waals surface area contributed by atoms with Crippen molar-refractivity contribution in [2.75, 3.05) is 0 Å². The van der Waals surface area contributed by atoms with Crippen molar-refractivity contribution in [3.63, 3.8) is 0 Å². The van der Waals surface area contributed by atoms with Gasteiger partial charge in [-0.05, 0) is 64.4 Å². The molecule has 0 fully saturated rings. The van der Waals surface area contributed by atoms with E-state index in [2.05, 4.69) is 52.3 Å². The number of thiophene rings is 1. The Hall–Kier alpha value is -0.640. The Morgan fingerprint density at radius 2 is 2.00 bits per heavy atom. The molecule has 100 valence electrons. The zero-order valence-corrected chi connectivity index (χ0v) is 13.1. The first kappa shape index (κ1) is 13.3. The first-order valence-corrected chi connectivity index (χ1v) is 8.32. The Morgan fingerprint density at radius 1 is 1.21 bits per heavy atom. The standard InChI is InChI=1S/C16H17BrOS/c17-16-8-7-14(19-16)10-15(18)13-6-5-11-3-1-2-4-12(11)9-13/h1-4,7-8,13,15,18H,5-6,9-10H2. The van der Waals surface area contributed by atoms with Crippen LogP contribution in [0.1, 0.15) is 22.4 Å². The number of hydrogen-bond acceptors (Lipinski definition) is 2. The van der Waals surface area contributed by atoms with Crippen LogP contribution in [0.3, 0.4) is 0 Å². The Kier molecular flexibility index (Phi) is 4.06. The van der Waals surface area contributed by atoms with E-state index in [1.165, 1.54) is 16.0 Å². The molecule has 0 saturated carbocycles. The summed E-state index contributed by atoms with van der Waals surface area (Å²) in [7, 11) is 0. The molecule has 1 nitrogen and oxygen atoms in total. The van der Waals surface area contributed by atoms with Crippen molar-refractivity contribution in [3.8, 4) is 0 Å². The molecule has 2 atom stereocenters. The second-order valence-corrected chi connectivity index (χ2v) is 7.80. The minimum absolute atomic E-state index is 0.223. The van der Waals surface area contributed by atoms with Crippen LogP contribution < -0.4 is 0 Å². The third-order valence-electron chi connectivity index (χ3n) is 3.97. The third kappa shape index (κ3) is 3.10. The fraction of sp³-hybridized carbons (Fsp3) is 0.375. The van der Waals surface area contributed by atoms with Crippen LogP contribution in [0.4, 0.5) is 0 Å². The number of fused-ring (bicyclic) bond motifs is 1. The van der Waals surface area contributed by atoms with Gasteiger partial charge >= 0.3 is 0 Å². The molecule has 3 heteroatoms. The van der Waals surface area contributed by atoms with Gasteiger partial charge in [0.2, 0.25) is 0 Å². The molecule has 1 aliphatic carbocycles. The highest BCUT2D eigenvalue weighted by molar-refractivity contribution is 9.11. The second kappa shape index (κ2) is 5.78. The smallest absolute Gasteiger partial charge is 0.0701 e.